The zero-order valence-electron chi connectivity index (χ0n) is 15.2. The van der Waals surface area contributed by atoms with Crippen molar-refractivity contribution in [2.75, 3.05) is 6.61 Å². The first-order valence-electron chi connectivity index (χ1n) is 9.68. The van der Waals surface area contributed by atoms with Crippen molar-refractivity contribution in [3.63, 3.8) is 0 Å². The smallest absolute Gasteiger partial charge is 0.123 e. The molecule has 1 unspecified atom stereocenters. The molecule has 0 amide bonds. The van der Waals surface area contributed by atoms with Gasteiger partial charge in [-0.25, -0.2) is 4.39 Å². The van der Waals surface area contributed by atoms with Crippen LogP contribution in [0.3, 0.4) is 0 Å². The van der Waals surface area contributed by atoms with Gasteiger partial charge in [-0.3, -0.25) is 0 Å². The maximum atomic E-state index is 13.1. The van der Waals surface area contributed by atoms with Crippen LogP contribution in [0.15, 0.2) is 30.3 Å². The van der Waals surface area contributed by atoms with E-state index in [1.165, 1.54) is 49.7 Å². The van der Waals surface area contributed by atoms with Gasteiger partial charge in [0.25, 0.3) is 0 Å². The van der Waals surface area contributed by atoms with Crippen LogP contribution in [-0.2, 0) is 4.74 Å². The van der Waals surface area contributed by atoms with E-state index >= 15 is 0 Å². The summed E-state index contributed by atoms with van der Waals surface area (Å²) < 4.78 is 19.2. The van der Waals surface area contributed by atoms with Crippen molar-refractivity contribution in [2.45, 2.75) is 70.8 Å². The van der Waals surface area contributed by atoms with Crippen LogP contribution in [-0.4, -0.2) is 12.2 Å². The predicted octanol–water partition coefficient (Wildman–Crippen LogP) is 6.38. The summed E-state index contributed by atoms with van der Waals surface area (Å²) in [5, 5.41) is 0. The number of rotatable bonds is 5. The number of hydrogen-bond acceptors (Lipinski definition) is 1. The number of benzene rings is 1. The fraction of sp³-hybridized carbons (Fsp3) is 0.636. The van der Waals surface area contributed by atoms with Crippen molar-refractivity contribution in [2.24, 2.45) is 11.8 Å². The summed E-state index contributed by atoms with van der Waals surface area (Å²) in [6, 6.07) is 6.97. The lowest BCUT2D eigenvalue weighted by Crippen LogP contribution is -2.36. The summed E-state index contributed by atoms with van der Waals surface area (Å²) in [5.41, 5.74) is 2.72. The van der Waals surface area contributed by atoms with Crippen LogP contribution in [0.25, 0.3) is 5.57 Å². The van der Waals surface area contributed by atoms with E-state index in [9.17, 15) is 4.39 Å². The van der Waals surface area contributed by atoms with E-state index in [-0.39, 0.29) is 11.4 Å². The Morgan fingerprint density at radius 3 is 2.38 bits per heavy atom. The fourth-order valence-electron chi connectivity index (χ4n) is 4.42. The van der Waals surface area contributed by atoms with Gasteiger partial charge in [-0.1, -0.05) is 25.1 Å². The van der Waals surface area contributed by atoms with Crippen LogP contribution in [0.5, 0.6) is 0 Å². The molecule has 2 heteroatoms. The van der Waals surface area contributed by atoms with Crippen LogP contribution in [0.2, 0.25) is 0 Å². The second kappa shape index (κ2) is 7.82. The molecule has 0 N–H and O–H groups in total. The molecule has 1 saturated carbocycles. The van der Waals surface area contributed by atoms with E-state index in [2.05, 4.69) is 19.9 Å². The molecule has 0 aromatic heterocycles. The van der Waals surface area contributed by atoms with Gasteiger partial charge in [-0.2, -0.15) is 0 Å². The fourth-order valence-corrected chi connectivity index (χ4v) is 4.42. The molecule has 1 aromatic rings. The van der Waals surface area contributed by atoms with Crippen molar-refractivity contribution in [3.8, 4) is 0 Å². The minimum Gasteiger partial charge on any atom is -0.375 e. The third-order valence-corrected chi connectivity index (χ3v) is 6.08. The molecule has 1 fully saturated rings. The largest absolute Gasteiger partial charge is 0.375 e. The summed E-state index contributed by atoms with van der Waals surface area (Å²) in [6.07, 6.45) is 12.2. The summed E-state index contributed by atoms with van der Waals surface area (Å²) in [4.78, 5) is 0. The molecular weight excluding hydrogens is 299 g/mol. The third kappa shape index (κ3) is 4.27. The Kier molecular flexibility index (Phi) is 5.76. The van der Waals surface area contributed by atoms with E-state index < -0.39 is 0 Å². The maximum absolute atomic E-state index is 13.1. The Hall–Kier alpha value is -1.15. The molecule has 1 aromatic carbocycles. The Bertz CT molecular complexity index is 552. The Labute approximate surface area is 146 Å². The number of allylic oxidation sites excluding steroid dienone is 2. The van der Waals surface area contributed by atoms with Gasteiger partial charge < -0.3 is 4.74 Å². The second-order valence-corrected chi connectivity index (χ2v) is 7.91. The monoisotopic (exact) mass is 330 g/mol. The Morgan fingerprint density at radius 1 is 1.08 bits per heavy atom. The van der Waals surface area contributed by atoms with Gasteiger partial charge >= 0.3 is 0 Å². The first-order valence-corrected chi connectivity index (χ1v) is 9.68. The van der Waals surface area contributed by atoms with Gasteiger partial charge in [0.05, 0.1) is 5.60 Å². The van der Waals surface area contributed by atoms with E-state index in [1.54, 1.807) is 12.1 Å². The minimum atomic E-state index is -0.149. The number of halogens is 1. The van der Waals surface area contributed by atoms with Gasteiger partial charge in [-0.15, -0.1) is 0 Å². The molecule has 0 spiro atoms. The zero-order valence-corrected chi connectivity index (χ0v) is 15.2. The summed E-state index contributed by atoms with van der Waals surface area (Å²) in [7, 11) is 0. The highest BCUT2D eigenvalue weighted by molar-refractivity contribution is 5.66. The van der Waals surface area contributed by atoms with Crippen molar-refractivity contribution in [3.05, 3.63) is 41.7 Å². The average Bonchev–Trinajstić information content (AvgIpc) is 2.62. The quantitative estimate of drug-likeness (QED) is 0.608. The zero-order chi connectivity index (χ0) is 17.0. The maximum Gasteiger partial charge on any atom is 0.123 e. The first kappa shape index (κ1) is 17.7. The van der Waals surface area contributed by atoms with Crippen LogP contribution in [0.4, 0.5) is 4.39 Å². The van der Waals surface area contributed by atoms with E-state index in [4.69, 9.17) is 4.74 Å². The Balaban J connectivity index is 1.53. The highest BCUT2D eigenvalue weighted by atomic mass is 19.1. The van der Waals surface area contributed by atoms with E-state index in [1.807, 2.05) is 12.1 Å². The molecule has 132 valence electrons. The molecule has 2 aliphatic rings. The van der Waals surface area contributed by atoms with E-state index in [0.29, 0.717) is 0 Å². The van der Waals surface area contributed by atoms with Gasteiger partial charge in [0.2, 0.25) is 0 Å². The highest BCUT2D eigenvalue weighted by Gasteiger charge is 2.35. The normalized spacial score (nSPS) is 30.9. The van der Waals surface area contributed by atoms with Crippen LogP contribution in [0.1, 0.15) is 70.8 Å². The molecule has 0 saturated heterocycles. The third-order valence-electron chi connectivity index (χ3n) is 6.08. The summed E-state index contributed by atoms with van der Waals surface area (Å²) in [5.74, 6) is 1.53. The average molecular weight is 330 g/mol. The second-order valence-electron chi connectivity index (χ2n) is 7.91. The number of hydrogen-bond donors (Lipinski definition) is 0. The summed E-state index contributed by atoms with van der Waals surface area (Å²) >= 11 is 0. The Morgan fingerprint density at radius 2 is 1.79 bits per heavy atom. The lowest BCUT2D eigenvalue weighted by Gasteiger charge is -2.41. The van der Waals surface area contributed by atoms with Gasteiger partial charge in [0.15, 0.2) is 0 Å². The molecule has 0 bridgehead atoms. The standard InChI is InChI=1S/C22H31FO/c1-3-16-24-22(2)14-12-20(13-15-22)18-6-4-17(5-7-18)19-8-10-21(23)11-9-19/h4,8-11,18,20H,3,5-7,12-16H2,1-2H3. The molecule has 3 rings (SSSR count). The molecule has 24 heavy (non-hydrogen) atoms. The SMILES string of the molecule is CCCOC1(C)CCC(C2CC=C(c3ccc(F)cc3)CC2)CC1. The molecule has 1 atom stereocenters. The van der Waals surface area contributed by atoms with Crippen LogP contribution in [0, 0.1) is 17.7 Å². The minimum absolute atomic E-state index is 0.121. The van der Waals surface area contributed by atoms with Gasteiger partial charge in [0, 0.05) is 6.61 Å². The van der Waals surface area contributed by atoms with Crippen molar-refractivity contribution in [1.82, 2.24) is 0 Å². The van der Waals surface area contributed by atoms with Crippen molar-refractivity contribution < 1.29 is 9.13 Å². The molecule has 2 aliphatic carbocycles. The van der Waals surface area contributed by atoms with Gasteiger partial charge in [-0.05, 0) is 93.4 Å². The molecule has 1 nitrogen and oxygen atoms in total. The van der Waals surface area contributed by atoms with Crippen LogP contribution >= 0.6 is 0 Å². The van der Waals surface area contributed by atoms with Crippen molar-refractivity contribution in [1.29, 1.82) is 0 Å². The summed E-state index contributed by atoms with van der Waals surface area (Å²) in [6.45, 7) is 5.38. The lowest BCUT2D eigenvalue weighted by molar-refractivity contribution is -0.0690. The first-order chi connectivity index (χ1) is 11.6. The molecule has 0 aliphatic heterocycles. The predicted molar refractivity (Wildman–Crippen MR) is 98.3 cm³/mol. The van der Waals surface area contributed by atoms with E-state index in [0.717, 1.165) is 31.3 Å². The molecule has 0 heterocycles. The number of ether oxygens (including phenoxy) is 1. The van der Waals surface area contributed by atoms with Gasteiger partial charge in [0.1, 0.15) is 5.82 Å². The highest BCUT2D eigenvalue weighted by Crippen LogP contribution is 2.43. The lowest BCUT2D eigenvalue weighted by atomic mass is 9.70. The topological polar surface area (TPSA) is 9.23 Å². The molecular formula is C22H31FO. The van der Waals surface area contributed by atoms with Crippen molar-refractivity contribution >= 4 is 5.57 Å². The van der Waals surface area contributed by atoms with Crippen LogP contribution < -0.4 is 0 Å². The molecule has 0 radical (unpaired) electrons.